The van der Waals surface area contributed by atoms with E-state index in [4.69, 9.17) is 9.47 Å². The van der Waals surface area contributed by atoms with E-state index >= 15 is 0 Å². The first-order valence-corrected chi connectivity index (χ1v) is 10.5. The maximum absolute atomic E-state index is 13.3. The van der Waals surface area contributed by atoms with Crippen molar-refractivity contribution in [2.24, 2.45) is 0 Å². The van der Waals surface area contributed by atoms with E-state index in [0.717, 1.165) is 12.8 Å². The second kappa shape index (κ2) is 9.73. The van der Waals surface area contributed by atoms with Gasteiger partial charge in [0, 0.05) is 17.7 Å². The van der Waals surface area contributed by atoms with Gasteiger partial charge < -0.3 is 19.7 Å². The normalized spacial score (nSPS) is 15.8. The number of hydrogen-bond acceptors (Lipinski definition) is 5. The van der Waals surface area contributed by atoms with E-state index in [1.54, 1.807) is 12.1 Å². The fraction of sp³-hybridized carbons (Fsp3) is 0.346. The number of phenolic OH excluding ortho intramolecular Hbond substituents is 2. The standard InChI is InChI=1S/C26H30O5/c1-16(2)6-5-7-17(3)8-9-18-12-21-25(14-23(18)28)31-15-22(26(21)29)20-11-10-19(27)13-24(20)30-4/h6,8,10-14,22,27-28H,5,7,9,15H2,1-4H3/b17-8+/t22-/m1/s1. The number of phenols is 2. The van der Waals surface area contributed by atoms with Gasteiger partial charge in [0.2, 0.25) is 0 Å². The lowest BCUT2D eigenvalue weighted by Crippen LogP contribution is -2.26. The topological polar surface area (TPSA) is 76.0 Å². The fourth-order valence-corrected chi connectivity index (χ4v) is 3.72. The number of fused-ring (bicyclic) bond motifs is 1. The average molecular weight is 423 g/mol. The van der Waals surface area contributed by atoms with Gasteiger partial charge in [0.05, 0.1) is 18.6 Å². The van der Waals surface area contributed by atoms with Crippen molar-refractivity contribution in [2.45, 2.75) is 46.0 Å². The summed E-state index contributed by atoms with van der Waals surface area (Å²) in [7, 11) is 1.50. The first-order chi connectivity index (χ1) is 14.8. The van der Waals surface area contributed by atoms with Crippen LogP contribution in [-0.2, 0) is 6.42 Å². The van der Waals surface area contributed by atoms with Gasteiger partial charge in [0.15, 0.2) is 5.78 Å². The molecule has 0 amide bonds. The SMILES string of the molecule is COc1cc(O)ccc1[C@H]1COc2cc(O)c(C/C=C(\C)CCC=C(C)C)cc2C1=O. The predicted octanol–water partition coefficient (Wildman–Crippen LogP) is 5.70. The van der Waals surface area contributed by atoms with Crippen LogP contribution >= 0.6 is 0 Å². The summed E-state index contributed by atoms with van der Waals surface area (Å²) in [4.78, 5) is 13.3. The summed E-state index contributed by atoms with van der Waals surface area (Å²) < 4.78 is 11.2. The summed E-state index contributed by atoms with van der Waals surface area (Å²) in [5.74, 6) is 0.408. The van der Waals surface area contributed by atoms with Crippen LogP contribution in [-0.4, -0.2) is 29.7 Å². The maximum Gasteiger partial charge on any atom is 0.177 e. The predicted molar refractivity (Wildman–Crippen MR) is 121 cm³/mol. The highest BCUT2D eigenvalue weighted by Crippen LogP contribution is 2.40. The van der Waals surface area contributed by atoms with E-state index in [2.05, 4.69) is 32.9 Å². The van der Waals surface area contributed by atoms with E-state index in [1.165, 1.54) is 36.5 Å². The number of rotatable bonds is 7. The monoisotopic (exact) mass is 422 g/mol. The van der Waals surface area contributed by atoms with E-state index in [9.17, 15) is 15.0 Å². The minimum Gasteiger partial charge on any atom is -0.508 e. The van der Waals surface area contributed by atoms with Crippen LogP contribution in [0, 0.1) is 0 Å². The molecule has 0 radical (unpaired) electrons. The molecule has 0 unspecified atom stereocenters. The highest BCUT2D eigenvalue weighted by atomic mass is 16.5. The summed E-state index contributed by atoms with van der Waals surface area (Å²) in [6.45, 7) is 6.40. The zero-order valence-electron chi connectivity index (χ0n) is 18.6. The van der Waals surface area contributed by atoms with Gasteiger partial charge >= 0.3 is 0 Å². The number of allylic oxidation sites excluding steroid dienone is 4. The van der Waals surface area contributed by atoms with Crippen LogP contribution in [0.3, 0.4) is 0 Å². The summed E-state index contributed by atoms with van der Waals surface area (Å²) in [6, 6.07) is 7.96. The first-order valence-electron chi connectivity index (χ1n) is 10.5. The van der Waals surface area contributed by atoms with Crippen LogP contribution in [0.25, 0.3) is 0 Å². The van der Waals surface area contributed by atoms with E-state index < -0.39 is 5.92 Å². The third-order valence-electron chi connectivity index (χ3n) is 5.52. The minimum absolute atomic E-state index is 0.0733. The zero-order chi connectivity index (χ0) is 22.5. The van der Waals surface area contributed by atoms with Crippen molar-refractivity contribution < 1.29 is 24.5 Å². The smallest absolute Gasteiger partial charge is 0.177 e. The Bertz CT molecular complexity index is 1030. The summed E-state index contributed by atoms with van der Waals surface area (Å²) in [5, 5.41) is 20.1. The van der Waals surface area contributed by atoms with Crippen LogP contribution in [0.15, 0.2) is 53.6 Å². The number of aromatic hydroxyl groups is 2. The Morgan fingerprint density at radius 3 is 2.65 bits per heavy atom. The molecule has 3 rings (SSSR count). The third-order valence-corrected chi connectivity index (χ3v) is 5.52. The molecule has 1 atom stereocenters. The highest BCUT2D eigenvalue weighted by molar-refractivity contribution is 6.05. The van der Waals surface area contributed by atoms with Gasteiger partial charge in [-0.2, -0.15) is 0 Å². The van der Waals surface area contributed by atoms with Crippen molar-refractivity contribution in [1.29, 1.82) is 0 Å². The number of carbonyl (C=O) groups is 1. The Balaban J connectivity index is 1.84. The van der Waals surface area contributed by atoms with E-state index in [1.807, 2.05) is 0 Å². The number of hydrogen-bond donors (Lipinski definition) is 2. The van der Waals surface area contributed by atoms with Crippen LogP contribution in [0.2, 0.25) is 0 Å². The van der Waals surface area contributed by atoms with Crippen molar-refractivity contribution >= 4 is 5.78 Å². The van der Waals surface area contributed by atoms with Gasteiger partial charge in [-0.15, -0.1) is 0 Å². The van der Waals surface area contributed by atoms with Gasteiger partial charge in [0.25, 0.3) is 0 Å². The Hall–Kier alpha value is -3.21. The second-order valence-electron chi connectivity index (χ2n) is 8.21. The maximum atomic E-state index is 13.3. The Kier molecular flexibility index (Phi) is 7.06. The van der Waals surface area contributed by atoms with Gasteiger partial charge in [-0.05, 0) is 57.7 Å². The Labute approximate surface area is 183 Å². The van der Waals surface area contributed by atoms with Crippen molar-refractivity contribution in [3.8, 4) is 23.0 Å². The minimum atomic E-state index is -0.540. The molecule has 0 saturated carbocycles. The molecule has 0 aliphatic carbocycles. The van der Waals surface area contributed by atoms with Gasteiger partial charge in [-0.1, -0.05) is 29.4 Å². The molecule has 31 heavy (non-hydrogen) atoms. The number of Topliss-reactive ketones (excluding diaryl/α,β-unsaturated/α-hetero) is 1. The molecule has 5 nitrogen and oxygen atoms in total. The number of ether oxygens (including phenoxy) is 2. The molecule has 0 aromatic heterocycles. The van der Waals surface area contributed by atoms with Crippen molar-refractivity contribution in [3.05, 3.63) is 70.3 Å². The number of methoxy groups -OCH3 is 1. The molecule has 164 valence electrons. The zero-order valence-corrected chi connectivity index (χ0v) is 18.6. The lowest BCUT2D eigenvalue weighted by atomic mass is 9.87. The molecule has 2 aromatic rings. The molecular formula is C26H30O5. The Morgan fingerprint density at radius 2 is 1.94 bits per heavy atom. The van der Waals surface area contributed by atoms with E-state index in [-0.39, 0.29) is 23.9 Å². The molecule has 0 spiro atoms. The molecule has 1 heterocycles. The largest absolute Gasteiger partial charge is 0.508 e. The molecule has 1 aliphatic rings. The molecule has 2 N–H and O–H groups in total. The highest BCUT2D eigenvalue weighted by Gasteiger charge is 2.33. The number of carbonyl (C=O) groups excluding carboxylic acids is 1. The number of benzene rings is 2. The van der Waals surface area contributed by atoms with E-state index in [0.29, 0.717) is 34.6 Å². The third kappa shape index (κ3) is 5.29. The van der Waals surface area contributed by atoms with Crippen LogP contribution in [0.4, 0.5) is 0 Å². The quantitative estimate of drug-likeness (QED) is 0.560. The lowest BCUT2D eigenvalue weighted by Gasteiger charge is -2.26. The van der Waals surface area contributed by atoms with Crippen LogP contribution in [0.1, 0.15) is 61.0 Å². The second-order valence-corrected chi connectivity index (χ2v) is 8.21. The summed E-state index contributed by atoms with van der Waals surface area (Å²) in [5.41, 5.74) is 4.35. The molecule has 0 fully saturated rings. The molecule has 0 bridgehead atoms. The molecule has 2 aromatic carbocycles. The molecule has 5 heteroatoms. The van der Waals surface area contributed by atoms with Gasteiger partial charge in [-0.3, -0.25) is 4.79 Å². The summed E-state index contributed by atoms with van der Waals surface area (Å²) >= 11 is 0. The molecule has 1 aliphatic heterocycles. The van der Waals surface area contributed by atoms with Gasteiger partial charge in [0.1, 0.15) is 29.6 Å². The van der Waals surface area contributed by atoms with Crippen LogP contribution in [0.5, 0.6) is 23.0 Å². The van der Waals surface area contributed by atoms with Crippen LogP contribution < -0.4 is 9.47 Å². The van der Waals surface area contributed by atoms with Crippen molar-refractivity contribution in [1.82, 2.24) is 0 Å². The summed E-state index contributed by atoms with van der Waals surface area (Å²) in [6.07, 6.45) is 6.79. The fourth-order valence-electron chi connectivity index (χ4n) is 3.72. The number of ketones is 1. The molecule has 0 saturated heterocycles. The average Bonchev–Trinajstić information content (AvgIpc) is 2.73. The van der Waals surface area contributed by atoms with Crippen molar-refractivity contribution in [2.75, 3.05) is 13.7 Å². The molecular weight excluding hydrogens is 392 g/mol. The Morgan fingerprint density at radius 1 is 1.16 bits per heavy atom. The lowest BCUT2D eigenvalue weighted by molar-refractivity contribution is 0.0893. The first kappa shape index (κ1) is 22.5. The van der Waals surface area contributed by atoms with Gasteiger partial charge in [-0.25, -0.2) is 0 Å². The van der Waals surface area contributed by atoms with Crippen molar-refractivity contribution in [3.63, 3.8) is 0 Å².